The number of oxime groups is 1. The number of Topliss-reactive ketones (excluding diaryl/α,β-unsaturated/α-hetero) is 3. The van der Waals surface area contributed by atoms with E-state index in [-0.39, 0.29) is 29.5 Å². The number of methoxy groups -OCH3 is 1. The number of phenolic OH excluding ortho intramolecular Hbond substituents is 3. The van der Waals surface area contributed by atoms with Gasteiger partial charge < -0.3 is 29.9 Å². The second-order valence-corrected chi connectivity index (χ2v) is 9.36. The maximum atomic E-state index is 14.0. The van der Waals surface area contributed by atoms with Crippen molar-refractivity contribution in [3.63, 3.8) is 0 Å². The third-order valence-corrected chi connectivity index (χ3v) is 7.56. The second-order valence-electron chi connectivity index (χ2n) is 9.36. The molecule has 196 valence electrons. The minimum absolute atomic E-state index is 0.130. The van der Waals surface area contributed by atoms with Gasteiger partial charge in [-0.2, -0.15) is 0 Å². The number of hydrogen-bond donors (Lipinski definition) is 4. The average molecular weight is 530 g/mol. The first-order chi connectivity index (χ1) is 18.6. The summed E-state index contributed by atoms with van der Waals surface area (Å²) in [6.07, 6.45) is 2.05. The Balaban J connectivity index is 1.61. The number of carbonyl (C=O) groups is 4. The smallest absolute Gasteiger partial charge is 0.260 e. The van der Waals surface area contributed by atoms with E-state index < -0.39 is 79.4 Å². The van der Waals surface area contributed by atoms with Crippen molar-refractivity contribution in [1.82, 2.24) is 4.98 Å². The number of fused-ring (bicyclic) bond motifs is 5. The lowest BCUT2D eigenvalue weighted by Crippen LogP contribution is -2.36. The molecule has 12 nitrogen and oxygen atoms in total. The summed E-state index contributed by atoms with van der Waals surface area (Å²) < 4.78 is 4.90. The molecule has 0 aliphatic heterocycles. The van der Waals surface area contributed by atoms with Crippen LogP contribution in [0.5, 0.6) is 17.2 Å². The number of aromatic hydroxyl groups is 3. The average Bonchev–Trinajstić information content (AvgIpc) is 3.39. The normalized spacial score (nSPS) is 19.6. The van der Waals surface area contributed by atoms with Gasteiger partial charge in [0.1, 0.15) is 29.8 Å². The zero-order valence-electron chi connectivity index (χ0n) is 20.4. The molecule has 0 bridgehead atoms. The highest BCUT2D eigenvalue weighted by Crippen LogP contribution is 2.57. The largest absolute Gasteiger partial charge is 0.507 e. The molecule has 0 radical (unpaired) electrons. The molecule has 12 heteroatoms. The van der Waals surface area contributed by atoms with Crippen molar-refractivity contribution in [3.8, 4) is 17.2 Å². The van der Waals surface area contributed by atoms with E-state index in [0.29, 0.717) is 10.9 Å². The third kappa shape index (κ3) is 2.82. The molecule has 1 atom stereocenters. The zero-order valence-corrected chi connectivity index (χ0v) is 20.4. The molecule has 0 saturated heterocycles. The van der Waals surface area contributed by atoms with Gasteiger partial charge in [-0.1, -0.05) is 11.2 Å². The van der Waals surface area contributed by atoms with Crippen molar-refractivity contribution in [3.05, 3.63) is 73.4 Å². The molecule has 1 spiro atoms. The maximum absolute atomic E-state index is 14.0. The highest BCUT2D eigenvalue weighted by Gasteiger charge is 2.61. The number of aromatic amines is 1. The van der Waals surface area contributed by atoms with Gasteiger partial charge in [0, 0.05) is 11.6 Å². The predicted octanol–water partition coefficient (Wildman–Crippen LogP) is 1.80. The highest BCUT2D eigenvalue weighted by atomic mass is 16.6. The Morgan fingerprint density at radius 1 is 0.923 bits per heavy atom. The first kappa shape index (κ1) is 24.1. The first-order valence-electron chi connectivity index (χ1n) is 11.6. The van der Waals surface area contributed by atoms with Crippen LogP contribution in [-0.2, 0) is 21.4 Å². The fraction of sp³-hybridized carbons (Fsp3) is 0.185. The molecule has 1 aromatic heterocycles. The minimum Gasteiger partial charge on any atom is -0.507 e. The number of ether oxygens (including phenoxy) is 1. The fourth-order valence-electron chi connectivity index (χ4n) is 5.94. The van der Waals surface area contributed by atoms with Crippen molar-refractivity contribution in [2.75, 3.05) is 14.2 Å². The van der Waals surface area contributed by atoms with Gasteiger partial charge in [0.15, 0.2) is 23.1 Å². The van der Waals surface area contributed by atoms with Gasteiger partial charge in [0.25, 0.3) is 5.56 Å². The summed E-state index contributed by atoms with van der Waals surface area (Å²) in [6.45, 7) is 0. The summed E-state index contributed by atoms with van der Waals surface area (Å²) in [5.74, 6) is -6.69. The van der Waals surface area contributed by atoms with E-state index in [1.54, 1.807) is 6.07 Å². The molecule has 0 unspecified atom stereocenters. The van der Waals surface area contributed by atoms with Crippen LogP contribution in [0.25, 0.3) is 10.8 Å². The number of pyridine rings is 1. The number of aromatic nitrogens is 1. The van der Waals surface area contributed by atoms with Gasteiger partial charge in [-0.3, -0.25) is 24.0 Å². The van der Waals surface area contributed by atoms with Crippen molar-refractivity contribution in [2.24, 2.45) is 5.16 Å². The van der Waals surface area contributed by atoms with Crippen LogP contribution in [0.4, 0.5) is 0 Å². The van der Waals surface area contributed by atoms with E-state index in [0.717, 1.165) is 13.2 Å². The number of phenols is 3. The van der Waals surface area contributed by atoms with E-state index >= 15 is 0 Å². The van der Waals surface area contributed by atoms with E-state index in [1.165, 1.54) is 19.4 Å². The number of allylic oxidation sites excluding steroid dienone is 2. The van der Waals surface area contributed by atoms with Crippen LogP contribution in [0, 0.1) is 0 Å². The van der Waals surface area contributed by atoms with Gasteiger partial charge in [-0.05, 0) is 29.9 Å². The fourth-order valence-corrected chi connectivity index (χ4v) is 5.94. The Labute approximate surface area is 217 Å². The molecule has 4 N–H and O–H groups in total. The molecule has 6 rings (SSSR count). The Morgan fingerprint density at radius 3 is 2.23 bits per heavy atom. The summed E-state index contributed by atoms with van der Waals surface area (Å²) in [6, 6.07) is 3.09. The van der Waals surface area contributed by atoms with Gasteiger partial charge >= 0.3 is 0 Å². The van der Waals surface area contributed by atoms with E-state index in [4.69, 9.17) is 4.74 Å². The summed E-state index contributed by atoms with van der Waals surface area (Å²) in [7, 11) is 2.46. The topological polar surface area (TPSA) is 193 Å². The summed E-state index contributed by atoms with van der Waals surface area (Å²) in [4.78, 5) is 73.6. The van der Waals surface area contributed by atoms with Gasteiger partial charge in [-0.25, -0.2) is 0 Å². The Bertz CT molecular complexity index is 1860. The molecular formula is C27H18N2O10. The standard InChI is InChI=1S/C27H18N2O10/c1-38-13-7-12(30)15-16(20(13)31)22(33)18-17(21(15)32)24(35)27(25(18)36)4-3-9-5-10-6-11(8-28-39-2)29-26(37)14(10)23(34)19(9)27/h5-8,32-34H,3-4H2,1-2H3,(H,29,37)/b28-8+/t27-/m0/s1. The second kappa shape index (κ2) is 7.87. The molecule has 3 aliphatic carbocycles. The zero-order chi connectivity index (χ0) is 28.0. The molecular weight excluding hydrogens is 512 g/mol. The lowest BCUT2D eigenvalue weighted by molar-refractivity contribution is 0.0790. The molecule has 0 saturated carbocycles. The van der Waals surface area contributed by atoms with E-state index in [1.807, 2.05) is 0 Å². The number of nitrogens with one attached hydrogen (secondary N) is 1. The number of hydrogen-bond acceptors (Lipinski definition) is 11. The van der Waals surface area contributed by atoms with Gasteiger partial charge in [0.05, 0.1) is 46.7 Å². The third-order valence-electron chi connectivity index (χ3n) is 7.56. The van der Waals surface area contributed by atoms with Gasteiger partial charge in [-0.15, -0.1) is 0 Å². The monoisotopic (exact) mass is 530 g/mol. The Kier molecular flexibility index (Phi) is 4.86. The Morgan fingerprint density at radius 2 is 1.59 bits per heavy atom. The van der Waals surface area contributed by atoms with Crippen molar-refractivity contribution in [2.45, 2.75) is 18.3 Å². The molecule has 2 aromatic carbocycles. The maximum Gasteiger partial charge on any atom is 0.260 e. The highest BCUT2D eigenvalue weighted by molar-refractivity contribution is 6.38. The quantitative estimate of drug-likeness (QED) is 0.168. The predicted molar refractivity (Wildman–Crippen MR) is 133 cm³/mol. The van der Waals surface area contributed by atoms with Crippen LogP contribution in [0.2, 0.25) is 0 Å². The molecule has 3 aliphatic rings. The minimum atomic E-state index is -2.10. The van der Waals surface area contributed by atoms with Crippen LogP contribution in [-0.4, -0.2) is 63.9 Å². The number of nitrogens with zero attached hydrogens (tertiary/aromatic N) is 1. The number of rotatable bonds is 3. The van der Waals surface area contributed by atoms with E-state index in [9.17, 15) is 39.3 Å². The number of ketones is 4. The van der Waals surface area contributed by atoms with Crippen LogP contribution < -0.4 is 5.56 Å². The van der Waals surface area contributed by atoms with Gasteiger partial charge in [0.2, 0.25) is 5.78 Å². The van der Waals surface area contributed by atoms with Crippen LogP contribution >= 0.6 is 0 Å². The van der Waals surface area contributed by atoms with Crippen molar-refractivity contribution in [1.29, 1.82) is 0 Å². The lowest BCUT2D eigenvalue weighted by atomic mass is 9.76. The number of benzene rings is 2. The van der Waals surface area contributed by atoms with Crippen molar-refractivity contribution >= 4 is 40.1 Å². The Hall–Kier alpha value is -5.26. The van der Waals surface area contributed by atoms with Crippen LogP contribution in [0.1, 0.15) is 64.7 Å². The van der Waals surface area contributed by atoms with E-state index in [2.05, 4.69) is 15.0 Å². The van der Waals surface area contributed by atoms with Crippen LogP contribution in [0.3, 0.4) is 0 Å². The van der Waals surface area contributed by atoms with Crippen molar-refractivity contribution < 1.29 is 44.1 Å². The molecule has 1 heterocycles. The summed E-state index contributed by atoms with van der Waals surface area (Å²) >= 11 is 0. The molecule has 39 heavy (non-hydrogen) atoms. The molecule has 0 amide bonds. The lowest BCUT2D eigenvalue weighted by Gasteiger charge is -2.22. The van der Waals surface area contributed by atoms with Crippen LogP contribution in [0.15, 0.2) is 33.9 Å². The molecule has 0 fully saturated rings. The summed E-state index contributed by atoms with van der Waals surface area (Å²) in [5.41, 5.74) is -4.82. The SMILES string of the molecule is CO/N=C/c1cc2cc3c(c(O)c2c(=O)[nH]1)[C@@]1(CC3)C(=O)c2c(O)c3c(c(O)c2C1=O)C(=O)C(OC)=CC3=O. The molecule has 3 aromatic rings. The number of aryl methyl sites for hydroxylation is 1. The first-order valence-corrected chi connectivity index (χ1v) is 11.6. The summed E-state index contributed by atoms with van der Waals surface area (Å²) in [5, 5.41) is 37.1. The number of H-pyrrole nitrogens is 1. The number of carbonyl (C=O) groups excluding carboxylic acids is 4.